The van der Waals surface area contributed by atoms with Crippen LogP contribution >= 0.6 is 11.8 Å². The highest BCUT2D eigenvalue weighted by Gasteiger charge is 2.27. The van der Waals surface area contributed by atoms with E-state index in [1.807, 2.05) is 13.0 Å². The predicted octanol–water partition coefficient (Wildman–Crippen LogP) is 4.18. The lowest BCUT2D eigenvalue weighted by Crippen LogP contribution is -2.31. The topological polar surface area (TPSA) is 58.7 Å². The molecule has 1 aliphatic heterocycles. The molecule has 0 saturated carbocycles. The molecule has 2 aromatic rings. The first-order valence-electron chi connectivity index (χ1n) is 7.78. The van der Waals surface area contributed by atoms with Crippen molar-refractivity contribution in [2.75, 3.05) is 12.8 Å². The van der Waals surface area contributed by atoms with Crippen molar-refractivity contribution in [3.05, 3.63) is 69.8 Å². The lowest BCUT2D eigenvalue weighted by molar-refractivity contribution is -0.384. The van der Waals surface area contributed by atoms with Gasteiger partial charge in [0.15, 0.2) is 5.17 Å². The van der Waals surface area contributed by atoms with E-state index in [0.717, 1.165) is 28.6 Å². The molecule has 0 radical (unpaired) electrons. The minimum Gasteiger partial charge on any atom is -0.350 e. The van der Waals surface area contributed by atoms with E-state index < -0.39 is 0 Å². The highest BCUT2D eigenvalue weighted by Crippen LogP contribution is 2.30. The number of thioether (sulfide) groups is 1. The van der Waals surface area contributed by atoms with Gasteiger partial charge in [0.1, 0.15) is 0 Å². The maximum absolute atomic E-state index is 10.8. The molecule has 5 nitrogen and oxygen atoms in total. The summed E-state index contributed by atoms with van der Waals surface area (Å²) >= 11 is 1.73. The number of rotatable bonds is 4. The predicted molar refractivity (Wildman–Crippen MR) is 99.1 cm³/mol. The standard InChI is InChI=1S/C18H19N3O2S/c1-13-10-15(21(22)23)8-9-17(13)19-18-20(2)16(12-24-18)11-14-6-4-3-5-7-14/h3-10,16H,11-12H2,1-2H3. The van der Waals surface area contributed by atoms with Crippen LogP contribution in [0.5, 0.6) is 0 Å². The van der Waals surface area contributed by atoms with Crippen molar-refractivity contribution < 1.29 is 4.92 Å². The van der Waals surface area contributed by atoms with E-state index in [1.54, 1.807) is 23.9 Å². The molecule has 1 heterocycles. The summed E-state index contributed by atoms with van der Waals surface area (Å²) in [7, 11) is 2.06. The number of likely N-dealkylation sites (N-methyl/N-ethyl adjacent to an activating group) is 1. The smallest absolute Gasteiger partial charge is 0.269 e. The zero-order valence-corrected chi connectivity index (χ0v) is 14.5. The third-order valence-corrected chi connectivity index (χ3v) is 5.36. The Morgan fingerprint density at radius 3 is 2.71 bits per heavy atom. The molecule has 1 saturated heterocycles. The SMILES string of the molecule is Cc1cc([N+](=O)[O-])ccc1N=C1SCC(Cc2ccccc2)N1C. The Balaban J connectivity index is 1.76. The van der Waals surface area contributed by atoms with Crippen LogP contribution in [0.1, 0.15) is 11.1 Å². The third kappa shape index (κ3) is 3.59. The molecular formula is C18H19N3O2S. The van der Waals surface area contributed by atoms with Gasteiger partial charge in [-0.15, -0.1) is 0 Å². The van der Waals surface area contributed by atoms with Crippen LogP contribution in [0, 0.1) is 17.0 Å². The number of aliphatic imine (C=N–C) groups is 1. The van der Waals surface area contributed by atoms with Crippen molar-refractivity contribution in [3.63, 3.8) is 0 Å². The molecule has 2 aromatic carbocycles. The van der Waals surface area contributed by atoms with Crippen molar-refractivity contribution in [1.29, 1.82) is 0 Å². The molecule has 0 amide bonds. The summed E-state index contributed by atoms with van der Waals surface area (Å²) in [5.74, 6) is 0.996. The van der Waals surface area contributed by atoms with Crippen LogP contribution in [0.2, 0.25) is 0 Å². The molecule has 3 rings (SSSR count). The summed E-state index contributed by atoms with van der Waals surface area (Å²) in [4.78, 5) is 17.4. The molecule has 1 fully saturated rings. The second kappa shape index (κ2) is 7.05. The zero-order chi connectivity index (χ0) is 17.1. The Kier molecular flexibility index (Phi) is 4.85. The monoisotopic (exact) mass is 341 g/mol. The van der Waals surface area contributed by atoms with Gasteiger partial charge in [-0.05, 0) is 30.5 Å². The molecule has 6 heteroatoms. The van der Waals surface area contributed by atoms with Crippen LogP contribution in [0.4, 0.5) is 11.4 Å². The third-order valence-electron chi connectivity index (χ3n) is 4.18. The van der Waals surface area contributed by atoms with Gasteiger partial charge >= 0.3 is 0 Å². The van der Waals surface area contributed by atoms with E-state index in [9.17, 15) is 10.1 Å². The minimum atomic E-state index is -0.379. The molecule has 0 N–H and O–H groups in total. The molecule has 0 spiro atoms. The van der Waals surface area contributed by atoms with Crippen LogP contribution in [-0.4, -0.2) is 33.8 Å². The number of nitro groups is 1. The first kappa shape index (κ1) is 16.5. The summed E-state index contributed by atoms with van der Waals surface area (Å²) in [6.45, 7) is 1.85. The number of nitro benzene ring substituents is 1. The van der Waals surface area contributed by atoms with E-state index in [2.05, 4.69) is 36.2 Å². The first-order valence-corrected chi connectivity index (χ1v) is 8.76. The van der Waals surface area contributed by atoms with Crippen molar-refractivity contribution >= 4 is 28.3 Å². The van der Waals surface area contributed by atoms with Gasteiger partial charge < -0.3 is 4.90 Å². The number of aryl methyl sites for hydroxylation is 1. The quantitative estimate of drug-likeness (QED) is 0.618. The zero-order valence-electron chi connectivity index (χ0n) is 13.7. The average Bonchev–Trinajstić information content (AvgIpc) is 2.91. The number of nitrogens with zero attached hydrogens (tertiary/aromatic N) is 3. The van der Waals surface area contributed by atoms with Gasteiger partial charge in [-0.1, -0.05) is 42.1 Å². The van der Waals surface area contributed by atoms with Crippen LogP contribution in [0.3, 0.4) is 0 Å². The second-order valence-electron chi connectivity index (χ2n) is 5.89. The average molecular weight is 341 g/mol. The fourth-order valence-electron chi connectivity index (χ4n) is 2.72. The van der Waals surface area contributed by atoms with Crippen LogP contribution in [-0.2, 0) is 6.42 Å². The van der Waals surface area contributed by atoms with Gasteiger partial charge in [-0.2, -0.15) is 0 Å². The molecule has 1 atom stereocenters. The summed E-state index contributed by atoms with van der Waals surface area (Å²) in [5.41, 5.74) is 3.03. The fourth-order valence-corrected chi connectivity index (χ4v) is 3.91. The normalized spacial score (nSPS) is 19.0. The lowest BCUT2D eigenvalue weighted by Gasteiger charge is -2.21. The Hall–Kier alpha value is -2.34. The van der Waals surface area contributed by atoms with E-state index in [1.165, 1.54) is 11.6 Å². The van der Waals surface area contributed by atoms with Crippen LogP contribution in [0.25, 0.3) is 0 Å². The van der Waals surface area contributed by atoms with Gasteiger partial charge in [0.2, 0.25) is 0 Å². The lowest BCUT2D eigenvalue weighted by atomic mass is 10.1. The summed E-state index contributed by atoms with van der Waals surface area (Å²) in [5, 5.41) is 11.8. The minimum absolute atomic E-state index is 0.103. The van der Waals surface area contributed by atoms with Crippen LogP contribution < -0.4 is 0 Å². The highest BCUT2D eigenvalue weighted by atomic mass is 32.2. The fraction of sp³-hybridized carbons (Fsp3) is 0.278. The van der Waals surface area contributed by atoms with Crippen molar-refractivity contribution in [2.24, 2.45) is 4.99 Å². The largest absolute Gasteiger partial charge is 0.350 e. The van der Waals surface area contributed by atoms with Crippen molar-refractivity contribution in [2.45, 2.75) is 19.4 Å². The van der Waals surface area contributed by atoms with Gasteiger partial charge in [-0.3, -0.25) is 10.1 Å². The van der Waals surface area contributed by atoms with Gasteiger partial charge in [0, 0.05) is 31.0 Å². The van der Waals surface area contributed by atoms with Crippen molar-refractivity contribution in [3.8, 4) is 0 Å². The second-order valence-corrected chi connectivity index (χ2v) is 6.87. The number of benzene rings is 2. The molecule has 1 unspecified atom stereocenters. The van der Waals surface area contributed by atoms with Crippen molar-refractivity contribution in [1.82, 2.24) is 4.90 Å². The summed E-state index contributed by atoms with van der Waals surface area (Å²) < 4.78 is 0. The molecule has 0 bridgehead atoms. The molecule has 0 aromatic heterocycles. The maximum Gasteiger partial charge on any atom is 0.269 e. The number of hydrogen-bond donors (Lipinski definition) is 0. The Morgan fingerprint density at radius 2 is 2.04 bits per heavy atom. The molecule has 1 aliphatic rings. The van der Waals surface area contributed by atoms with Gasteiger partial charge in [0.25, 0.3) is 5.69 Å². The number of amidine groups is 1. The van der Waals surface area contributed by atoms with E-state index in [4.69, 9.17) is 4.99 Å². The highest BCUT2D eigenvalue weighted by molar-refractivity contribution is 8.14. The first-order chi connectivity index (χ1) is 11.5. The van der Waals surface area contributed by atoms with E-state index in [0.29, 0.717) is 6.04 Å². The molecular weight excluding hydrogens is 322 g/mol. The molecule has 0 aliphatic carbocycles. The van der Waals surface area contributed by atoms with E-state index in [-0.39, 0.29) is 10.6 Å². The van der Waals surface area contributed by atoms with Gasteiger partial charge in [-0.25, -0.2) is 4.99 Å². The van der Waals surface area contributed by atoms with Crippen LogP contribution in [0.15, 0.2) is 53.5 Å². The molecule has 124 valence electrons. The number of hydrogen-bond acceptors (Lipinski definition) is 4. The Morgan fingerprint density at radius 1 is 1.29 bits per heavy atom. The summed E-state index contributed by atoms with van der Waals surface area (Å²) in [6, 6.07) is 15.7. The number of non-ortho nitro benzene ring substituents is 1. The Bertz CT molecular complexity index is 777. The Labute approximate surface area is 145 Å². The summed E-state index contributed by atoms with van der Waals surface area (Å²) in [6.07, 6.45) is 0.989. The maximum atomic E-state index is 10.8. The molecule has 24 heavy (non-hydrogen) atoms. The van der Waals surface area contributed by atoms with E-state index >= 15 is 0 Å². The van der Waals surface area contributed by atoms with Gasteiger partial charge in [0.05, 0.1) is 10.6 Å².